The number of aromatic nitrogens is 2. The minimum absolute atomic E-state index is 0.146. The molecular weight excluding hydrogens is 304 g/mol. The Morgan fingerprint density at radius 3 is 2.94 bits per heavy atom. The molecule has 0 aromatic carbocycles. The maximum atomic E-state index is 5.66. The van der Waals surface area contributed by atoms with Crippen LogP contribution in [0.2, 0.25) is 0 Å². The molecule has 0 fully saturated rings. The fraction of sp³-hybridized carbons (Fsp3) is 0.300. The van der Waals surface area contributed by atoms with Crippen LogP contribution in [0.25, 0.3) is 0 Å². The molecule has 2 heterocycles. The van der Waals surface area contributed by atoms with Gasteiger partial charge in [0, 0.05) is 7.05 Å². The van der Waals surface area contributed by atoms with Gasteiger partial charge in [0.2, 0.25) is 0 Å². The Morgan fingerprint density at radius 1 is 1.65 bits per heavy atom. The van der Waals surface area contributed by atoms with Gasteiger partial charge in [0.15, 0.2) is 0 Å². The molecule has 1 unspecified atom stereocenters. The summed E-state index contributed by atoms with van der Waals surface area (Å²) in [4.78, 5) is 1.03. The van der Waals surface area contributed by atoms with Crippen molar-refractivity contribution < 1.29 is 4.74 Å². The highest BCUT2D eigenvalue weighted by atomic mass is 79.9. The molecule has 92 valence electrons. The number of hydrogen-bond acceptors (Lipinski definition) is 5. The van der Waals surface area contributed by atoms with E-state index in [4.69, 9.17) is 10.6 Å². The van der Waals surface area contributed by atoms with Crippen LogP contribution < -0.4 is 16.0 Å². The molecule has 3 N–H and O–H groups in total. The third-order valence-electron chi connectivity index (χ3n) is 2.52. The Morgan fingerprint density at radius 2 is 2.41 bits per heavy atom. The summed E-state index contributed by atoms with van der Waals surface area (Å²) in [5.41, 5.74) is 3.77. The monoisotopic (exact) mass is 316 g/mol. The molecule has 0 saturated heterocycles. The first-order valence-electron chi connectivity index (χ1n) is 4.94. The van der Waals surface area contributed by atoms with Crippen LogP contribution >= 0.6 is 27.3 Å². The van der Waals surface area contributed by atoms with Gasteiger partial charge in [-0.3, -0.25) is 10.5 Å². The molecule has 2 aromatic heterocycles. The van der Waals surface area contributed by atoms with Crippen molar-refractivity contribution in [1.29, 1.82) is 0 Å². The Hall–Kier alpha value is -0.890. The SMILES string of the molecule is COc1ccsc1C(NN)c1c(Br)cnn1C. The van der Waals surface area contributed by atoms with E-state index in [0.717, 1.165) is 20.8 Å². The molecule has 0 radical (unpaired) electrons. The first kappa shape index (κ1) is 12.6. The number of methoxy groups -OCH3 is 1. The second-order valence-corrected chi connectivity index (χ2v) is 5.26. The fourth-order valence-electron chi connectivity index (χ4n) is 1.71. The van der Waals surface area contributed by atoms with Gasteiger partial charge < -0.3 is 4.74 Å². The van der Waals surface area contributed by atoms with Gasteiger partial charge in [-0.15, -0.1) is 11.3 Å². The highest BCUT2D eigenvalue weighted by Crippen LogP contribution is 2.36. The summed E-state index contributed by atoms with van der Waals surface area (Å²) in [7, 11) is 3.53. The van der Waals surface area contributed by atoms with Crippen molar-refractivity contribution in [1.82, 2.24) is 15.2 Å². The first-order chi connectivity index (χ1) is 8.19. The highest BCUT2D eigenvalue weighted by molar-refractivity contribution is 9.10. The standard InChI is InChI=1S/C10H13BrN4OS/c1-15-9(6(11)5-13-15)8(14-12)10-7(16-2)3-4-17-10/h3-5,8,14H,12H2,1-2H3. The lowest BCUT2D eigenvalue weighted by Crippen LogP contribution is -2.30. The van der Waals surface area contributed by atoms with E-state index in [-0.39, 0.29) is 6.04 Å². The largest absolute Gasteiger partial charge is 0.496 e. The lowest BCUT2D eigenvalue weighted by atomic mass is 10.1. The summed E-state index contributed by atoms with van der Waals surface area (Å²) in [6, 6.07) is 1.78. The van der Waals surface area contributed by atoms with Crippen molar-refractivity contribution in [2.24, 2.45) is 12.9 Å². The molecule has 2 aromatic rings. The number of halogens is 1. The Kier molecular flexibility index (Phi) is 3.82. The van der Waals surface area contributed by atoms with Crippen molar-refractivity contribution in [3.63, 3.8) is 0 Å². The van der Waals surface area contributed by atoms with E-state index >= 15 is 0 Å². The van der Waals surface area contributed by atoms with E-state index < -0.39 is 0 Å². The number of ether oxygens (including phenoxy) is 1. The molecule has 0 amide bonds. The number of hydrogen-bond donors (Lipinski definition) is 2. The molecule has 0 aliphatic carbocycles. The lowest BCUT2D eigenvalue weighted by molar-refractivity contribution is 0.406. The van der Waals surface area contributed by atoms with Crippen molar-refractivity contribution in [2.45, 2.75) is 6.04 Å². The zero-order chi connectivity index (χ0) is 12.4. The predicted molar refractivity (Wildman–Crippen MR) is 70.9 cm³/mol. The van der Waals surface area contributed by atoms with Crippen molar-refractivity contribution in [2.75, 3.05) is 7.11 Å². The maximum Gasteiger partial charge on any atom is 0.134 e. The van der Waals surface area contributed by atoms with Crippen LogP contribution in [0.4, 0.5) is 0 Å². The summed E-state index contributed by atoms with van der Waals surface area (Å²) in [6.45, 7) is 0. The molecule has 17 heavy (non-hydrogen) atoms. The number of nitrogens with one attached hydrogen (secondary N) is 1. The summed E-state index contributed by atoms with van der Waals surface area (Å²) in [5.74, 6) is 6.48. The first-order valence-corrected chi connectivity index (χ1v) is 6.61. The van der Waals surface area contributed by atoms with Crippen LogP contribution in [-0.2, 0) is 7.05 Å². The Balaban J connectivity index is 2.47. The second kappa shape index (κ2) is 5.18. The van der Waals surface area contributed by atoms with E-state index in [9.17, 15) is 0 Å². The number of rotatable bonds is 4. The molecule has 2 rings (SSSR count). The smallest absolute Gasteiger partial charge is 0.134 e. The van der Waals surface area contributed by atoms with E-state index in [2.05, 4.69) is 26.5 Å². The molecule has 0 spiro atoms. The van der Waals surface area contributed by atoms with E-state index in [1.54, 1.807) is 29.3 Å². The van der Waals surface area contributed by atoms with Gasteiger partial charge in [0.1, 0.15) is 11.8 Å². The molecule has 0 aliphatic rings. The summed E-state index contributed by atoms with van der Waals surface area (Å²) in [6.07, 6.45) is 1.75. The minimum Gasteiger partial charge on any atom is -0.496 e. The zero-order valence-electron chi connectivity index (χ0n) is 9.48. The van der Waals surface area contributed by atoms with Gasteiger partial charge in [-0.1, -0.05) is 0 Å². The summed E-state index contributed by atoms with van der Waals surface area (Å²) < 4.78 is 8.02. The average molecular weight is 317 g/mol. The third-order valence-corrected chi connectivity index (χ3v) is 4.09. The Bertz CT molecular complexity index is 491. The van der Waals surface area contributed by atoms with E-state index in [1.165, 1.54) is 0 Å². The van der Waals surface area contributed by atoms with Crippen LogP contribution in [-0.4, -0.2) is 16.9 Å². The molecule has 5 nitrogen and oxygen atoms in total. The van der Waals surface area contributed by atoms with Crippen molar-refractivity contribution in [3.05, 3.63) is 32.7 Å². The van der Waals surface area contributed by atoms with Gasteiger partial charge in [-0.05, 0) is 27.4 Å². The van der Waals surface area contributed by atoms with Gasteiger partial charge in [0.25, 0.3) is 0 Å². The van der Waals surface area contributed by atoms with Gasteiger partial charge in [-0.2, -0.15) is 5.10 Å². The van der Waals surface area contributed by atoms with Crippen LogP contribution in [0, 0.1) is 0 Å². The quantitative estimate of drug-likeness (QED) is 0.667. The number of thiophene rings is 1. The molecule has 0 saturated carbocycles. The summed E-state index contributed by atoms with van der Waals surface area (Å²) >= 11 is 5.07. The van der Waals surface area contributed by atoms with Crippen molar-refractivity contribution in [3.8, 4) is 5.75 Å². The van der Waals surface area contributed by atoms with Crippen LogP contribution in [0.15, 0.2) is 22.1 Å². The highest BCUT2D eigenvalue weighted by Gasteiger charge is 2.23. The second-order valence-electron chi connectivity index (χ2n) is 3.45. The van der Waals surface area contributed by atoms with E-state index in [0.29, 0.717) is 0 Å². The maximum absolute atomic E-state index is 5.66. The topological polar surface area (TPSA) is 65.1 Å². The van der Waals surface area contributed by atoms with Crippen LogP contribution in [0.5, 0.6) is 5.75 Å². The predicted octanol–water partition coefficient (Wildman–Crippen LogP) is 1.81. The fourth-order valence-corrected chi connectivity index (χ4v) is 3.21. The molecule has 1 atom stereocenters. The van der Waals surface area contributed by atoms with Crippen molar-refractivity contribution >= 4 is 27.3 Å². The third kappa shape index (κ3) is 2.23. The number of nitrogens with two attached hydrogens (primary N) is 1. The van der Waals surface area contributed by atoms with Crippen LogP contribution in [0.3, 0.4) is 0 Å². The van der Waals surface area contributed by atoms with Crippen LogP contribution in [0.1, 0.15) is 16.6 Å². The average Bonchev–Trinajstić information content (AvgIpc) is 2.91. The zero-order valence-corrected chi connectivity index (χ0v) is 11.9. The molecular formula is C10H13BrN4OS. The lowest BCUT2D eigenvalue weighted by Gasteiger charge is -2.17. The molecule has 0 aliphatic heterocycles. The van der Waals surface area contributed by atoms with E-state index in [1.807, 2.05) is 18.5 Å². The number of aryl methyl sites for hydroxylation is 1. The molecule has 0 bridgehead atoms. The number of hydrazine groups is 1. The number of nitrogens with zero attached hydrogens (tertiary/aromatic N) is 2. The Labute approximate surface area is 112 Å². The minimum atomic E-state index is -0.146. The summed E-state index contributed by atoms with van der Waals surface area (Å²) in [5, 5.41) is 6.16. The van der Waals surface area contributed by atoms with Gasteiger partial charge >= 0.3 is 0 Å². The molecule has 7 heteroatoms. The van der Waals surface area contributed by atoms with Gasteiger partial charge in [-0.25, -0.2) is 5.43 Å². The van der Waals surface area contributed by atoms with Gasteiger partial charge in [0.05, 0.1) is 28.4 Å². The normalized spacial score (nSPS) is 12.7.